The zero-order valence-electron chi connectivity index (χ0n) is 23.7. The lowest BCUT2D eigenvalue weighted by Crippen LogP contribution is -2.33. The van der Waals surface area contributed by atoms with Gasteiger partial charge in [0.2, 0.25) is 0 Å². The van der Waals surface area contributed by atoms with Crippen molar-refractivity contribution < 1.29 is 52.5 Å². The average molecular weight is 579 g/mol. The Morgan fingerprint density at radius 3 is 1.02 bits per heavy atom. The van der Waals surface area contributed by atoms with Gasteiger partial charge in [-0.15, -0.1) is 0 Å². The highest BCUT2D eigenvalue weighted by Gasteiger charge is 2.36. The Balaban J connectivity index is 1.57. The van der Waals surface area contributed by atoms with Crippen LogP contribution in [0.2, 0.25) is 0 Å². The van der Waals surface area contributed by atoms with Crippen molar-refractivity contribution in [1.29, 1.82) is 0 Å². The molecule has 0 aromatic carbocycles. The van der Waals surface area contributed by atoms with E-state index in [-0.39, 0.29) is 50.2 Å². The lowest BCUT2D eigenvalue weighted by molar-refractivity contribution is -0.169. The molecular weight excluding hydrogens is 536 g/mol. The standard InChI is InChI=1S/C30H42O11/c1-3-25(31)37-17-5-7-19-39-27(33)21-9-13-23(14-10-21)29(35)41-30(36)24-15-11-22(12-16-24)28(34)40-20-8-6-18-38-26(32)4-2/h3-4,21-24H,1-2,5-20H2. The van der Waals surface area contributed by atoms with E-state index < -0.39 is 35.7 Å². The quantitative estimate of drug-likeness (QED) is 0.0866. The van der Waals surface area contributed by atoms with E-state index in [0.29, 0.717) is 77.0 Å². The Hall–Kier alpha value is -3.50. The number of hydrogen-bond acceptors (Lipinski definition) is 11. The first kappa shape index (κ1) is 33.7. The van der Waals surface area contributed by atoms with Gasteiger partial charge in [0.15, 0.2) is 0 Å². The molecular formula is C30H42O11. The van der Waals surface area contributed by atoms with Gasteiger partial charge in [0, 0.05) is 12.2 Å². The summed E-state index contributed by atoms with van der Waals surface area (Å²) in [5, 5.41) is 0. The van der Waals surface area contributed by atoms with Crippen LogP contribution in [0.1, 0.15) is 77.0 Å². The van der Waals surface area contributed by atoms with Gasteiger partial charge in [0.05, 0.1) is 50.1 Å². The summed E-state index contributed by atoms with van der Waals surface area (Å²) in [4.78, 5) is 71.7. The van der Waals surface area contributed by atoms with E-state index in [0.717, 1.165) is 12.2 Å². The monoisotopic (exact) mass is 578 g/mol. The highest BCUT2D eigenvalue weighted by molar-refractivity contribution is 5.88. The van der Waals surface area contributed by atoms with Crippen molar-refractivity contribution in [3.63, 3.8) is 0 Å². The second-order valence-corrected chi connectivity index (χ2v) is 10.3. The number of ether oxygens (including phenoxy) is 5. The highest BCUT2D eigenvalue weighted by atomic mass is 16.6. The second-order valence-electron chi connectivity index (χ2n) is 10.3. The molecule has 2 aliphatic carbocycles. The Labute approximate surface area is 240 Å². The Bertz CT molecular complexity index is 851. The van der Waals surface area contributed by atoms with Gasteiger partial charge in [0.1, 0.15) is 0 Å². The Kier molecular flexibility index (Phi) is 15.4. The summed E-state index contributed by atoms with van der Waals surface area (Å²) in [6.45, 7) is 7.57. The van der Waals surface area contributed by atoms with Crippen LogP contribution < -0.4 is 0 Å². The fourth-order valence-corrected chi connectivity index (χ4v) is 4.85. The molecule has 2 aliphatic rings. The van der Waals surface area contributed by atoms with Crippen molar-refractivity contribution >= 4 is 35.8 Å². The molecule has 2 saturated carbocycles. The molecule has 11 nitrogen and oxygen atoms in total. The number of esters is 6. The first-order chi connectivity index (χ1) is 19.7. The van der Waals surface area contributed by atoms with Crippen molar-refractivity contribution in [2.45, 2.75) is 77.0 Å². The fourth-order valence-electron chi connectivity index (χ4n) is 4.85. The van der Waals surface area contributed by atoms with Crippen LogP contribution >= 0.6 is 0 Å². The summed E-state index contributed by atoms with van der Waals surface area (Å²) in [5.41, 5.74) is 0. The maximum Gasteiger partial charge on any atom is 0.330 e. The van der Waals surface area contributed by atoms with E-state index in [1.165, 1.54) is 0 Å². The predicted molar refractivity (Wildman–Crippen MR) is 145 cm³/mol. The molecule has 0 amide bonds. The molecule has 11 heteroatoms. The summed E-state index contributed by atoms with van der Waals surface area (Å²) >= 11 is 0. The summed E-state index contributed by atoms with van der Waals surface area (Å²) in [5.74, 6) is -4.16. The van der Waals surface area contributed by atoms with Crippen molar-refractivity contribution in [2.75, 3.05) is 26.4 Å². The summed E-state index contributed by atoms with van der Waals surface area (Å²) in [6.07, 6.45) is 8.17. The van der Waals surface area contributed by atoms with E-state index in [1.807, 2.05) is 0 Å². The number of carbonyl (C=O) groups is 6. The first-order valence-corrected chi connectivity index (χ1v) is 14.4. The third kappa shape index (κ3) is 12.7. The van der Waals surface area contributed by atoms with Crippen LogP contribution in [0.5, 0.6) is 0 Å². The molecule has 0 heterocycles. The minimum absolute atomic E-state index is 0.232. The maximum atomic E-state index is 12.6. The number of hydrogen-bond donors (Lipinski definition) is 0. The second kappa shape index (κ2) is 18.8. The smallest absolute Gasteiger partial charge is 0.330 e. The molecule has 0 aromatic rings. The molecule has 0 bridgehead atoms. The van der Waals surface area contributed by atoms with Gasteiger partial charge in [-0.2, -0.15) is 0 Å². The summed E-state index contributed by atoms with van der Waals surface area (Å²) < 4.78 is 25.5. The fraction of sp³-hybridized carbons (Fsp3) is 0.667. The van der Waals surface area contributed by atoms with E-state index in [1.54, 1.807) is 0 Å². The van der Waals surface area contributed by atoms with Crippen molar-refractivity contribution in [2.24, 2.45) is 23.7 Å². The molecule has 0 atom stereocenters. The molecule has 2 rings (SSSR count). The normalized spacial score (nSPS) is 22.0. The van der Waals surface area contributed by atoms with E-state index in [4.69, 9.17) is 23.7 Å². The minimum atomic E-state index is -0.559. The average Bonchev–Trinajstić information content (AvgIpc) is 2.99. The number of rotatable bonds is 16. The number of unbranched alkanes of at least 4 members (excludes halogenated alkanes) is 2. The third-order valence-electron chi connectivity index (χ3n) is 7.38. The molecule has 0 unspecified atom stereocenters. The molecule has 2 fully saturated rings. The number of carbonyl (C=O) groups excluding carboxylic acids is 6. The zero-order valence-corrected chi connectivity index (χ0v) is 23.7. The molecule has 0 N–H and O–H groups in total. The van der Waals surface area contributed by atoms with Crippen molar-refractivity contribution in [1.82, 2.24) is 0 Å². The molecule has 0 aliphatic heterocycles. The zero-order chi connectivity index (χ0) is 30.0. The van der Waals surface area contributed by atoms with Gasteiger partial charge >= 0.3 is 35.8 Å². The van der Waals surface area contributed by atoms with Crippen molar-refractivity contribution in [3.05, 3.63) is 25.3 Å². The van der Waals surface area contributed by atoms with Crippen LogP contribution in [-0.2, 0) is 52.5 Å². The van der Waals surface area contributed by atoms with E-state index in [9.17, 15) is 28.8 Å². The van der Waals surface area contributed by atoms with Gasteiger partial charge in [-0.1, -0.05) is 13.2 Å². The van der Waals surface area contributed by atoms with E-state index >= 15 is 0 Å². The molecule has 228 valence electrons. The summed E-state index contributed by atoms with van der Waals surface area (Å²) in [7, 11) is 0. The van der Waals surface area contributed by atoms with Gasteiger partial charge < -0.3 is 23.7 Å². The van der Waals surface area contributed by atoms with Crippen LogP contribution in [0.15, 0.2) is 25.3 Å². The van der Waals surface area contributed by atoms with E-state index in [2.05, 4.69) is 13.2 Å². The molecule has 0 aromatic heterocycles. The Morgan fingerprint density at radius 1 is 0.463 bits per heavy atom. The topological polar surface area (TPSA) is 149 Å². The lowest BCUT2D eigenvalue weighted by Gasteiger charge is -2.28. The third-order valence-corrected chi connectivity index (χ3v) is 7.38. The van der Waals surface area contributed by atoms with Crippen LogP contribution in [0.3, 0.4) is 0 Å². The maximum absolute atomic E-state index is 12.6. The summed E-state index contributed by atoms with van der Waals surface area (Å²) in [6, 6.07) is 0. The lowest BCUT2D eigenvalue weighted by atomic mass is 9.81. The van der Waals surface area contributed by atoms with Crippen LogP contribution in [0, 0.1) is 23.7 Å². The predicted octanol–water partition coefficient (Wildman–Crippen LogP) is 3.77. The van der Waals surface area contributed by atoms with Gasteiger partial charge in [-0.25, -0.2) is 9.59 Å². The van der Waals surface area contributed by atoms with Crippen molar-refractivity contribution in [3.8, 4) is 0 Å². The van der Waals surface area contributed by atoms with Gasteiger partial charge in [0.25, 0.3) is 0 Å². The van der Waals surface area contributed by atoms with Crippen LogP contribution in [0.4, 0.5) is 0 Å². The molecule has 0 spiro atoms. The van der Waals surface area contributed by atoms with Crippen LogP contribution in [-0.4, -0.2) is 62.2 Å². The first-order valence-electron chi connectivity index (χ1n) is 14.4. The van der Waals surface area contributed by atoms with Crippen LogP contribution in [0.25, 0.3) is 0 Å². The van der Waals surface area contributed by atoms with Gasteiger partial charge in [-0.3, -0.25) is 19.2 Å². The van der Waals surface area contributed by atoms with Gasteiger partial charge in [-0.05, 0) is 77.0 Å². The largest absolute Gasteiger partial charge is 0.465 e. The molecule has 0 saturated heterocycles. The molecule has 0 radical (unpaired) electrons. The molecule has 41 heavy (non-hydrogen) atoms. The SMILES string of the molecule is C=CC(=O)OCCCCOC(=O)C1CCC(C(=O)OC(=O)C2CCC(C(=O)OCCCCOC(=O)C=C)CC2)CC1. The highest BCUT2D eigenvalue weighted by Crippen LogP contribution is 2.33. The minimum Gasteiger partial charge on any atom is -0.465 e. The Morgan fingerprint density at radius 2 is 0.732 bits per heavy atom.